The summed E-state index contributed by atoms with van der Waals surface area (Å²) in [4.78, 5) is 33.5. The normalized spacial score (nSPS) is 14.7. The number of unbranched alkanes of at least 4 members (excludes halogenated alkanes) is 12. The molecule has 0 aromatic heterocycles. The summed E-state index contributed by atoms with van der Waals surface area (Å²) >= 11 is 0. The minimum atomic E-state index is -4.63. The second kappa shape index (κ2) is 41.3. The van der Waals surface area contributed by atoms with E-state index in [1.54, 1.807) is 0 Å². The number of ether oxygens (including phenoxy) is 2. The summed E-state index contributed by atoms with van der Waals surface area (Å²) in [5.74, 6) is -1.85. The second-order valence-corrected chi connectivity index (χ2v) is 15.5. The number of carbonyl (C=O) groups excluding carboxylic acids is 1. The number of carboxylic acids is 1. The van der Waals surface area contributed by atoms with Gasteiger partial charge in [0, 0.05) is 13.0 Å². The lowest BCUT2D eigenvalue weighted by Gasteiger charge is -2.20. The van der Waals surface area contributed by atoms with Gasteiger partial charge in [0.25, 0.3) is 0 Å². The maximum absolute atomic E-state index is 12.6. The van der Waals surface area contributed by atoms with E-state index in [2.05, 4.69) is 92.8 Å². The third-order valence-electron chi connectivity index (χ3n) is 8.69. The van der Waals surface area contributed by atoms with Crippen molar-refractivity contribution in [1.82, 2.24) is 0 Å². The molecule has 0 bridgehead atoms. The number of carboxylic acid groups (broad SMARTS) is 1. The third-order valence-corrected chi connectivity index (χ3v) is 9.64. The first-order valence-electron chi connectivity index (χ1n) is 21.6. The first-order valence-corrected chi connectivity index (χ1v) is 23.1. The highest BCUT2D eigenvalue weighted by molar-refractivity contribution is 7.47. The molecule has 0 rings (SSSR count). The number of rotatable bonds is 40. The fraction of sp³-hybridized carbons (Fsp3) is 0.652. The molecule has 326 valence electrons. The topological polar surface area (TPSA) is 155 Å². The van der Waals surface area contributed by atoms with Crippen LogP contribution in [0, 0.1) is 0 Å². The zero-order valence-electron chi connectivity index (χ0n) is 35.4. The first kappa shape index (κ1) is 54.2. The lowest BCUT2D eigenvalue weighted by molar-refractivity contribution is -0.154. The van der Waals surface area contributed by atoms with Crippen LogP contribution in [0.1, 0.15) is 155 Å². The van der Waals surface area contributed by atoms with E-state index in [1.807, 2.05) is 6.08 Å². The lowest BCUT2D eigenvalue weighted by atomic mass is 10.1. The second-order valence-electron chi connectivity index (χ2n) is 14.1. The largest absolute Gasteiger partial charge is 0.480 e. The molecule has 11 heteroatoms. The van der Waals surface area contributed by atoms with Crippen molar-refractivity contribution in [2.45, 2.75) is 167 Å². The predicted molar refractivity (Wildman–Crippen MR) is 235 cm³/mol. The predicted octanol–water partition coefficient (Wildman–Crippen LogP) is 12.0. The van der Waals surface area contributed by atoms with Gasteiger partial charge < -0.3 is 25.2 Å². The summed E-state index contributed by atoms with van der Waals surface area (Å²) < 4.78 is 33.2. The summed E-state index contributed by atoms with van der Waals surface area (Å²) in [7, 11) is -4.63. The average molecular weight is 820 g/mol. The van der Waals surface area contributed by atoms with Gasteiger partial charge in [-0.1, -0.05) is 170 Å². The Labute approximate surface area is 346 Å². The van der Waals surface area contributed by atoms with E-state index >= 15 is 0 Å². The molecule has 3 unspecified atom stereocenters. The Hall–Kier alpha value is -2.85. The van der Waals surface area contributed by atoms with Crippen LogP contribution in [-0.2, 0) is 32.7 Å². The quantitative estimate of drug-likeness (QED) is 0.0235. The lowest BCUT2D eigenvalue weighted by Crippen LogP contribution is -2.34. The van der Waals surface area contributed by atoms with Crippen LogP contribution in [0.2, 0.25) is 0 Å². The highest BCUT2D eigenvalue weighted by Gasteiger charge is 2.27. The molecule has 0 spiro atoms. The minimum absolute atomic E-state index is 0.00965. The molecule has 0 aliphatic rings. The number of phosphoric acid groups is 1. The zero-order valence-corrected chi connectivity index (χ0v) is 36.3. The van der Waals surface area contributed by atoms with Crippen molar-refractivity contribution in [3.63, 3.8) is 0 Å². The smallest absolute Gasteiger partial charge is 0.472 e. The average Bonchev–Trinajstić information content (AvgIpc) is 3.19. The van der Waals surface area contributed by atoms with Crippen LogP contribution in [0.15, 0.2) is 85.1 Å². The Morgan fingerprint density at radius 1 is 0.579 bits per heavy atom. The molecule has 0 fully saturated rings. The Morgan fingerprint density at radius 2 is 1.00 bits per heavy atom. The van der Waals surface area contributed by atoms with E-state index < -0.39 is 45.1 Å². The standard InChI is InChI=1S/C46H78NO9P/c1-3-5-7-9-11-13-15-17-18-19-20-21-22-23-24-25-26-27-28-30-32-34-36-38-45(48)56-43(41-54-57(51,52)55-42-44(47)46(49)50)40-53-39-37-35-33-31-29-16-14-12-10-8-6-4-2/h5,7,11,13,17-18,20-21,23-24,26-27,30,32,43-44H,3-4,6,8-10,12,14-16,19,22,25,28-29,31,33-42,47H2,1-2H3,(H,49,50)(H,51,52)/b7-5-,13-11-,18-17-,21-20-,24-23-,27-26-,32-30-. The van der Waals surface area contributed by atoms with Crippen LogP contribution in [0.25, 0.3) is 0 Å². The van der Waals surface area contributed by atoms with E-state index in [-0.39, 0.29) is 13.0 Å². The fourth-order valence-corrected chi connectivity index (χ4v) is 6.13. The van der Waals surface area contributed by atoms with Gasteiger partial charge in [-0.3, -0.25) is 18.6 Å². The molecule has 0 saturated carbocycles. The van der Waals surface area contributed by atoms with Gasteiger partial charge in [-0.15, -0.1) is 0 Å². The molecule has 0 amide bonds. The number of nitrogens with two attached hydrogens (primary N) is 1. The molecule has 57 heavy (non-hydrogen) atoms. The molecule has 10 nitrogen and oxygen atoms in total. The van der Waals surface area contributed by atoms with Gasteiger partial charge in [0.15, 0.2) is 0 Å². The number of allylic oxidation sites excluding steroid dienone is 14. The van der Waals surface area contributed by atoms with Crippen molar-refractivity contribution in [3.05, 3.63) is 85.1 Å². The molecular weight excluding hydrogens is 741 g/mol. The van der Waals surface area contributed by atoms with Crippen LogP contribution < -0.4 is 5.73 Å². The van der Waals surface area contributed by atoms with Crippen LogP contribution >= 0.6 is 7.82 Å². The number of esters is 1. The maximum Gasteiger partial charge on any atom is 0.472 e. The van der Waals surface area contributed by atoms with Gasteiger partial charge in [-0.25, -0.2) is 4.57 Å². The molecule has 4 N–H and O–H groups in total. The Bertz CT molecular complexity index is 1220. The van der Waals surface area contributed by atoms with Gasteiger partial charge in [0.05, 0.1) is 19.8 Å². The van der Waals surface area contributed by atoms with Gasteiger partial charge in [-0.2, -0.15) is 0 Å². The van der Waals surface area contributed by atoms with Gasteiger partial charge in [-0.05, 0) is 64.2 Å². The first-order chi connectivity index (χ1) is 27.7. The van der Waals surface area contributed by atoms with Crippen LogP contribution in [0.3, 0.4) is 0 Å². The van der Waals surface area contributed by atoms with Crippen LogP contribution in [0.5, 0.6) is 0 Å². The summed E-state index contributed by atoms with van der Waals surface area (Å²) in [5.41, 5.74) is 5.34. The molecule has 0 heterocycles. The summed E-state index contributed by atoms with van der Waals surface area (Å²) in [6, 6.07) is -1.48. The van der Waals surface area contributed by atoms with Gasteiger partial charge in [0.1, 0.15) is 12.1 Å². The summed E-state index contributed by atoms with van der Waals surface area (Å²) in [5, 5.41) is 8.89. The molecule has 3 atom stereocenters. The Kier molecular flexibility index (Phi) is 39.2. The van der Waals surface area contributed by atoms with Crippen molar-refractivity contribution in [2.75, 3.05) is 26.4 Å². The van der Waals surface area contributed by atoms with Gasteiger partial charge >= 0.3 is 19.8 Å². The van der Waals surface area contributed by atoms with E-state index in [0.717, 1.165) is 64.2 Å². The number of hydrogen-bond donors (Lipinski definition) is 3. The maximum atomic E-state index is 12.6. The van der Waals surface area contributed by atoms with E-state index in [1.165, 1.54) is 57.8 Å². The molecular formula is C46H78NO9P. The molecule has 0 radical (unpaired) electrons. The molecule has 0 aromatic rings. The highest BCUT2D eigenvalue weighted by Crippen LogP contribution is 2.43. The van der Waals surface area contributed by atoms with Crippen molar-refractivity contribution >= 4 is 19.8 Å². The number of phosphoric ester groups is 1. The third kappa shape index (κ3) is 41.1. The number of aliphatic carboxylic acids is 1. The van der Waals surface area contributed by atoms with E-state index in [4.69, 9.17) is 29.4 Å². The van der Waals surface area contributed by atoms with Crippen LogP contribution in [0.4, 0.5) is 0 Å². The molecule has 0 aromatic carbocycles. The van der Waals surface area contributed by atoms with Crippen molar-refractivity contribution in [2.24, 2.45) is 5.73 Å². The van der Waals surface area contributed by atoms with Crippen molar-refractivity contribution in [1.29, 1.82) is 0 Å². The monoisotopic (exact) mass is 820 g/mol. The van der Waals surface area contributed by atoms with Crippen LogP contribution in [-0.4, -0.2) is 60.5 Å². The summed E-state index contributed by atoms with van der Waals surface area (Å²) in [6.45, 7) is 3.67. The molecule has 0 saturated heterocycles. The minimum Gasteiger partial charge on any atom is -0.480 e. The molecule has 0 aliphatic carbocycles. The SMILES string of the molecule is CC/C=C\C/C=C\C/C=C\C/C=C\C/C=C\C/C=C\C/C=C\CCCC(=O)OC(COCCCCCCCCCCCCCC)COP(=O)(O)OCC(N)C(=O)O. The van der Waals surface area contributed by atoms with E-state index in [9.17, 15) is 19.0 Å². The highest BCUT2D eigenvalue weighted by atomic mass is 31.2. The summed E-state index contributed by atoms with van der Waals surface area (Å²) in [6.07, 6.45) is 52.1. The van der Waals surface area contributed by atoms with Crippen molar-refractivity contribution in [3.8, 4) is 0 Å². The van der Waals surface area contributed by atoms with E-state index in [0.29, 0.717) is 19.4 Å². The molecule has 0 aliphatic heterocycles. The Balaban J connectivity index is 4.36. The number of hydrogen-bond acceptors (Lipinski definition) is 8. The van der Waals surface area contributed by atoms with Crippen molar-refractivity contribution < 1.29 is 42.7 Å². The number of carbonyl (C=O) groups is 2. The fourth-order valence-electron chi connectivity index (χ4n) is 5.36. The Morgan fingerprint density at radius 3 is 1.46 bits per heavy atom. The zero-order chi connectivity index (χ0) is 41.9. The van der Waals surface area contributed by atoms with Gasteiger partial charge in [0.2, 0.25) is 0 Å².